The molecule has 1 aromatic carbocycles. The van der Waals surface area contributed by atoms with E-state index in [0.717, 1.165) is 5.56 Å². The number of carboxylic acid groups (broad SMARTS) is 1. The number of carbonyl (C=O) groups is 2. The summed E-state index contributed by atoms with van der Waals surface area (Å²) in [5.41, 5.74) is 6.06. The number of amides is 1. The normalized spacial score (nSPS) is 15.0. The summed E-state index contributed by atoms with van der Waals surface area (Å²) in [6, 6.07) is 9.58. The number of benzene rings is 1. The molecular weight excluding hydrogens is 305 g/mol. The van der Waals surface area contributed by atoms with E-state index >= 15 is 0 Å². The molecule has 0 aromatic heterocycles. The molecule has 0 aliphatic carbocycles. The fourth-order valence-corrected chi connectivity index (χ4v) is 4.08. The zero-order valence-electron chi connectivity index (χ0n) is 12.4. The Balaban J connectivity index is 2.47. The SMILES string of the molecule is NC(=O)CCC(CP(=O)(O)CCCc1ccccc1)C(=O)O. The summed E-state index contributed by atoms with van der Waals surface area (Å²) >= 11 is 0. The lowest BCUT2D eigenvalue weighted by Gasteiger charge is -2.16. The molecule has 1 rings (SSSR count). The summed E-state index contributed by atoms with van der Waals surface area (Å²) in [4.78, 5) is 31.8. The Morgan fingerprint density at radius 3 is 2.41 bits per heavy atom. The van der Waals surface area contributed by atoms with Crippen molar-refractivity contribution in [1.29, 1.82) is 0 Å². The molecule has 0 aliphatic rings. The number of carboxylic acids is 1. The van der Waals surface area contributed by atoms with Gasteiger partial charge in [-0.1, -0.05) is 30.3 Å². The van der Waals surface area contributed by atoms with Gasteiger partial charge in [0.05, 0.1) is 5.92 Å². The van der Waals surface area contributed by atoms with Gasteiger partial charge in [-0.15, -0.1) is 0 Å². The van der Waals surface area contributed by atoms with Crippen LogP contribution in [-0.2, 0) is 20.6 Å². The molecule has 0 radical (unpaired) electrons. The van der Waals surface area contributed by atoms with Gasteiger partial charge >= 0.3 is 5.97 Å². The number of carbonyl (C=O) groups excluding carboxylic acids is 1. The molecule has 0 aliphatic heterocycles. The number of aryl methyl sites for hydroxylation is 1. The van der Waals surface area contributed by atoms with Crippen molar-refractivity contribution in [3.05, 3.63) is 35.9 Å². The van der Waals surface area contributed by atoms with Gasteiger partial charge in [0.2, 0.25) is 13.3 Å². The van der Waals surface area contributed by atoms with E-state index in [4.69, 9.17) is 10.8 Å². The molecule has 1 aromatic rings. The third-order valence-corrected chi connectivity index (χ3v) is 5.44. The Hall–Kier alpha value is -1.65. The van der Waals surface area contributed by atoms with E-state index in [1.807, 2.05) is 30.3 Å². The zero-order chi connectivity index (χ0) is 16.6. The molecule has 22 heavy (non-hydrogen) atoms. The minimum atomic E-state index is -3.53. The van der Waals surface area contributed by atoms with Crippen molar-refractivity contribution in [3.63, 3.8) is 0 Å². The van der Waals surface area contributed by atoms with E-state index in [0.29, 0.717) is 12.8 Å². The number of nitrogens with two attached hydrogens (primary N) is 1. The largest absolute Gasteiger partial charge is 0.481 e. The molecule has 0 saturated heterocycles. The van der Waals surface area contributed by atoms with Crippen molar-refractivity contribution < 1.29 is 24.2 Å². The second-order valence-electron chi connectivity index (χ2n) is 5.38. The second kappa shape index (κ2) is 8.71. The smallest absolute Gasteiger partial charge is 0.307 e. The number of hydrogen-bond donors (Lipinski definition) is 3. The van der Waals surface area contributed by atoms with Gasteiger partial charge in [-0.3, -0.25) is 14.2 Å². The summed E-state index contributed by atoms with van der Waals surface area (Å²) < 4.78 is 12.1. The van der Waals surface area contributed by atoms with E-state index < -0.39 is 25.2 Å². The van der Waals surface area contributed by atoms with Crippen molar-refractivity contribution in [2.75, 3.05) is 12.3 Å². The Morgan fingerprint density at radius 2 is 1.86 bits per heavy atom. The molecule has 2 unspecified atom stereocenters. The highest BCUT2D eigenvalue weighted by atomic mass is 31.2. The maximum Gasteiger partial charge on any atom is 0.307 e. The van der Waals surface area contributed by atoms with Crippen LogP contribution in [-0.4, -0.2) is 34.2 Å². The molecular formula is C15H22NO5P. The summed E-state index contributed by atoms with van der Waals surface area (Å²) in [6.07, 6.45) is 0.839. The average molecular weight is 327 g/mol. The number of rotatable bonds is 10. The zero-order valence-corrected chi connectivity index (χ0v) is 13.2. The molecule has 6 nitrogen and oxygen atoms in total. The molecule has 0 heterocycles. The van der Waals surface area contributed by atoms with Gasteiger partial charge in [0.25, 0.3) is 0 Å². The molecule has 0 saturated carbocycles. The maximum atomic E-state index is 12.1. The minimum absolute atomic E-state index is 0.00605. The average Bonchev–Trinajstić information content (AvgIpc) is 2.44. The van der Waals surface area contributed by atoms with Gasteiger partial charge in [0.15, 0.2) is 0 Å². The van der Waals surface area contributed by atoms with Crippen molar-refractivity contribution in [2.45, 2.75) is 25.7 Å². The van der Waals surface area contributed by atoms with Gasteiger partial charge in [0, 0.05) is 18.7 Å². The maximum absolute atomic E-state index is 12.1. The second-order valence-corrected chi connectivity index (χ2v) is 7.89. The highest BCUT2D eigenvalue weighted by molar-refractivity contribution is 7.58. The van der Waals surface area contributed by atoms with Crippen molar-refractivity contribution in [2.24, 2.45) is 11.7 Å². The highest BCUT2D eigenvalue weighted by Crippen LogP contribution is 2.44. The third-order valence-electron chi connectivity index (χ3n) is 3.41. The van der Waals surface area contributed by atoms with Gasteiger partial charge in [0.1, 0.15) is 0 Å². The van der Waals surface area contributed by atoms with Crippen LogP contribution < -0.4 is 5.73 Å². The van der Waals surface area contributed by atoms with Crippen LogP contribution >= 0.6 is 7.37 Å². The molecule has 4 N–H and O–H groups in total. The van der Waals surface area contributed by atoms with E-state index in [1.54, 1.807) is 0 Å². The first-order valence-corrected chi connectivity index (χ1v) is 9.19. The Bertz CT molecular complexity index is 546. The number of hydrogen-bond acceptors (Lipinski definition) is 3. The van der Waals surface area contributed by atoms with E-state index in [1.165, 1.54) is 0 Å². The third kappa shape index (κ3) is 7.38. The first-order valence-electron chi connectivity index (χ1n) is 7.16. The van der Waals surface area contributed by atoms with Crippen LogP contribution in [0.2, 0.25) is 0 Å². The lowest BCUT2D eigenvalue weighted by Crippen LogP contribution is -2.22. The fraction of sp³-hybridized carbons (Fsp3) is 0.467. The Kier molecular flexibility index (Phi) is 7.28. The summed E-state index contributed by atoms with van der Waals surface area (Å²) in [6.45, 7) is 0. The highest BCUT2D eigenvalue weighted by Gasteiger charge is 2.28. The van der Waals surface area contributed by atoms with Crippen molar-refractivity contribution in [3.8, 4) is 0 Å². The fourth-order valence-electron chi connectivity index (χ4n) is 2.22. The van der Waals surface area contributed by atoms with Gasteiger partial charge in [-0.25, -0.2) is 0 Å². The van der Waals surface area contributed by atoms with Crippen LogP contribution in [0.5, 0.6) is 0 Å². The van der Waals surface area contributed by atoms with E-state index in [-0.39, 0.29) is 25.2 Å². The monoisotopic (exact) mass is 327 g/mol. The van der Waals surface area contributed by atoms with Crippen molar-refractivity contribution in [1.82, 2.24) is 0 Å². The first kappa shape index (κ1) is 18.4. The molecule has 122 valence electrons. The minimum Gasteiger partial charge on any atom is -0.481 e. The predicted octanol–water partition coefficient (Wildman–Crippen LogP) is 1.86. The molecule has 0 spiro atoms. The quantitative estimate of drug-likeness (QED) is 0.567. The standard InChI is InChI=1S/C15H22NO5P/c16-14(17)9-8-13(15(18)19)11-22(20,21)10-4-7-12-5-2-1-3-6-12/h1-3,5-6,13H,4,7-11H2,(H2,16,17)(H,18,19)(H,20,21). The van der Waals surface area contributed by atoms with Crippen molar-refractivity contribution >= 4 is 19.2 Å². The molecule has 0 fully saturated rings. The van der Waals surface area contributed by atoms with E-state index in [9.17, 15) is 19.0 Å². The summed E-state index contributed by atoms with van der Waals surface area (Å²) in [5.74, 6) is -2.79. The van der Waals surface area contributed by atoms with Crippen LogP contribution in [0.15, 0.2) is 30.3 Å². The van der Waals surface area contributed by atoms with Gasteiger partial charge in [-0.2, -0.15) is 0 Å². The first-order chi connectivity index (χ1) is 10.3. The van der Waals surface area contributed by atoms with Crippen LogP contribution in [0, 0.1) is 5.92 Å². The summed E-state index contributed by atoms with van der Waals surface area (Å²) in [5, 5.41) is 9.07. The number of aliphatic carboxylic acids is 1. The Morgan fingerprint density at radius 1 is 1.23 bits per heavy atom. The Labute approximate surface area is 129 Å². The van der Waals surface area contributed by atoms with Gasteiger partial charge in [-0.05, 0) is 24.8 Å². The molecule has 1 amide bonds. The van der Waals surface area contributed by atoms with Crippen LogP contribution in [0.4, 0.5) is 0 Å². The van der Waals surface area contributed by atoms with Crippen LogP contribution in [0.3, 0.4) is 0 Å². The predicted molar refractivity (Wildman–Crippen MR) is 83.9 cm³/mol. The van der Waals surface area contributed by atoms with Gasteiger partial charge < -0.3 is 15.7 Å². The summed E-state index contributed by atoms with van der Waals surface area (Å²) in [7, 11) is -3.53. The van der Waals surface area contributed by atoms with E-state index in [2.05, 4.69) is 0 Å². The lowest BCUT2D eigenvalue weighted by atomic mass is 10.1. The molecule has 7 heteroatoms. The van der Waals surface area contributed by atoms with Crippen LogP contribution in [0.1, 0.15) is 24.8 Å². The lowest BCUT2D eigenvalue weighted by molar-refractivity contribution is -0.141. The molecule has 2 atom stereocenters. The molecule has 0 bridgehead atoms. The topological polar surface area (TPSA) is 118 Å². The van der Waals surface area contributed by atoms with Crippen LogP contribution in [0.25, 0.3) is 0 Å². The number of primary amides is 1.